The number of benzene rings is 3. The molecule has 1 atom stereocenters. The fourth-order valence-corrected chi connectivity index (χ4v) is 5.84. The number of amides is 2. The van der Waals surface area contributed by atoms with Crippen LogP contribution in [0.25, 0.3) is 0 Å². The molecule has 0 aliphatic carbocycles. The summed E-state index contributed by atoms with van der Waals surface area (Å²) in [4.78, 5) is 28.6. The molecule has 7 nitrogen and oxygen atoms in total. The molecule has 3 aromatic rings. The van der Waals surface area contributed by atoms with Gasteiger partial charge in [0.05, 0.1) is 10.6 Å². The van der Waals surface area contributed by atoms with Crippen LogP contribution in [0.3, 0.4) is 0 Å². The Morgan fingerprint density at radius 1 is 0.925 bits per heavy atom. The summed E-state index contributed by atoms with van der Waals surface area (Å²) in [5.41, 5.74) is 3.68. The lowest BCUT2D eigenvalue weighted by Gasteiger charge is -2.32. The van der Waals surface area contributed by atoms with Crippen LogP contribution in [0, 0.1) is 20.8 Å². The van der Waals surface area contributed by atoms with E-state index in [9.17, 15) is 18.0 Å². The molecule has 1 N–H and O–H groups in total. The summed E-state index contributed by atoms with van der Waals surface area (Å²) < 4.78 is 29.2. The average molecular weight is 584 g/mol. The maximum absolute atomic E-state index is 14.0. The van der Waals surface area contributed by atoms with E-state index in [0.717, 1.165) is 33.8 Å². The number of carbonyl (C=O) groups excluding carboxylic acids is 2. The van der Waals surface area contributed by atoms with Crippen LogP contribution in [0.15, 0.2) is 71.6 Å². The van der Waals surface area contributed by atoms with Gasteiger partial charge in [0.25, 0.3) is 10.0 Å². The Kier molecular flexibility index (Phi) is 10.8. The van der Waals surface area contributed by atoms with E-state index in [-0.39, 0.29) is 17.3 Å². The van der Waals surface area contributed by atoms with Gasteiger partial charge in [-0.2, -0.15) is 0 Å². The van der Waals surface area contributed by atoms with Crippen molar-refractivity contribution in [1.29, 1.82) is 0 Å². The zero-order valence-corrected chi connectivity index (χ0v) is 25.3. The van der Waals surface area contributed by atoms with E-state index in [4.69, 9.17) is 11.6 Å². The fraction of sp³-hybridized carbons (Fsp3) is 0.355. The first-order valence-corrected chi connectivity index (χ1v) is 15.2. The van der Waals surface area contributed by atoms with Crippen molar-refractivity contribution in [2.75, 3.05) is 17.4 Å². The molecule has 0 aliphatic heterocycles. The van der Waals surface area contributed by atoms with Crippen molar-refractivity contribution in [2.45, 2.75) is 64.9 Å². The van der Waals surface area contributed by atoms with Gasteiger partial charge in [-0.1, -0.05) is 66.9 Å². The maximum atomic E-state index is 14.0. The minimum atomic E-state index is -4.11. The largest absolute Gasteiger partial charge is 0.354 e. The maximum Gasteiger partial charge on any atom is 0.264 e. The summed E-state index contributed by atoms with van der Waals surface area (Å²) in [6.07, 6.45) is 1.74. The van der Waals surface area contributed by atoms with E-state index < -0.39 is 28.5 Å². The van der Waals surface area contributed by atoms with E-state index in [2.05, 4.69) is 5.32 Å². The van der Waals surface area contributed by atoms with Gasteiger partial charge in [-0.15, -0.1) is 0 Å². The normalized spacial score (nSPS) is 12.1. The first kappa shape index (κ1) is 31.2. The SMILES string of the molecule is CCCCNC(=O)C(C)N(Cc1ccc(Cl)cc1)C(=O)CN(c1cc(C)ccc1C)S(=O)(=O)c1ccc(C)cc1. The molecular formula is C31H38ClN3O4S. The van der Waals surface area contributed by atoms with Crippen molar-refractivity contribution < 1.29 is 18.0 Å². The third kappa shape index (κ3) is 7.86. The lowest BCUT2D eigenvalue weighted by Crippen LogP contribution is -2.51. The topological polar surface area (TPSA) is 86.8 Å². The van der Waals surface area contributed by atoms with Gasteiger partial charge in [0.15, 0.2) is 0 Å². The van der Waals surface area contributed by atoms with Gasteiger partial charge in [0, 0.05) is 18.1 Å². The predicted octanol–water partition coefficient (Wildman–Crippen LogP) is 5.79. The predicted molar refractivity (Wildman–Crippen MR) is 161 cm³/mol. The molecule has 0 aliphatic rings. The second kappa shape index (κ2) is 13.8. The Labute approximate surface area is 243 Å². The second-order valence-corrected chi connectivity index (χ2v) is 12.4. The van der Waals surface area contributed by atoms with Gasteiger partial charge in [-0.3, -0.25) is 13.9 Å². The molecule has 0 saturated carbocycles. The zero-order chi connectivity index (χ0) is 29.4. The summed E-state index contributed by atoms with van der Waals surface area (Å²) >= 11 is 6.06. The van der Waals surface area contributed by atoms with Crippen molar-refractivity contribution in [1.82, 2.24) is 10.2 Å². The Balaban J connectivity index is 2.04. The molecule has 0 aromatic heterocycles. The smallest absolute Gasteiger partial charge is 0.264 e. The fourth-order valence-electron chi connectivity index (χ4n) is 4.24. The van der Waals surface area contributed by atoms with Crippen molar-refractivity contribution in [3.05, 3.63) is 94.0 Å². The number of nitrogens with one attached hydrogen (secondary N) is 1. The number of hydrogen-bond donors (Lipinski definition) is 1. The van der Waals surface area contributed by atoms with Gasteiger partial charge in [-0.25, -0.2) is 8.42 Å². The minimum Gasteiger partial charge on any atom is -0.354 e. The lowest BCUT2D eigenvalue weighted by atomic mass is 10.1. The van der Waals surface area contributed by atoms with Crippen LogP contribution in [0.1, 0.15) is 48.9 Å². The Bertz CT molecular complexity index is 1420. The van der Waals surface area contributed by atoms with E-state index >= 15 is 0 Å². The zero-order valence-electron chi connectivity index (χ0n) is 23.8. The van der Waals surface area contributed by atoms with Crippen molar-refractivity contribution in [2.24, 2.45) is 0 Å². The van der Waals surface area contributed by atoms with Crippen LogP contribution < -0.4 is 9.62 Å². The molecule has 214 valence electrons. The highest BCUT2D eigenvalue weighted by Gasteiger charge is 2.33. The number of sulfonamides is 1. The molecular weight excluding hydrogens is 546 g/mol. The highest BCUT2D eigenvalue weighted by atomic mass is 35.5. The van der Waals surface area contributed by atoms with Crippen molar-refractivity contribution >= 4 is 39.1 Å². The number of carbonyl (C=O) groups is 2. The molecule has 3 rings (SSSR count). The average Bonchev–Trinajstić information content (AvgIpc) is 2.92. The third-order valence-electron chi connectivity index (χ3n) is 6.78. The second-order valence-electron chi connectivity index (χ2n) is 10.1. The number of halogens is 1. The van der Waals surface area contributed by atoms with E-state index in [1.807, 2.05) is 39.8 Å². The highest BCUT2D eigenvalue weighted by molar-refractivity contribution is 7.92. The highest BCUT2D eigenvalue weighted by Crippen LogP contribution is 2.29. The van der Waals surface area contributed by atoms with Crippen LogP contribution in [0.2, 0.25) is 5.02 Å². The van der Waals surface area contributed by atoms with Crippen LogP contribution in [0.5, 0.6) is 0 Å². The molecule has 1 unspecified atom stereocenters. The first-order valence-electron chi connectivity index (χ1n) is 13.4. The van der Waals surface area contributed by atoms with Crippen LogP contribution in [-0.2, 0) is 26.2 Å². The number of aryl methyl sites for hydroxylation is 3. The molecule has 2 amide bonds. The Hall–Kier alpha value is -3.36. The van der Waals surface area contributed by atoms with E-state index in [1.165, 1.54) is 4.90 Å². The molecule has 0 radical (unpaired) electrons. The molecule has 0 saturated heterocycles. The van der Waals surface area contributed by atoms with Crippen molar-refractivity contribution in [3.63, 3.8) is 0 Å². The quantitative estimate of drug-likeness (QED) is 0.273. The summed E-state index contributed by atoms with van der Waals surface area (Å²) in [7, 11) is -4.11. The van der Waals surface area contributed by atoms with Gasteiger partial charge < -0.3 is 10.2 Å². The summed E-state index contributed by atoms with van der Waals surface area (Å²) in [6, 6.07) is 18.2. The first-order chi connectivity index (χ1) is 18.9. The van der Waals surface area contributed by atoms with Crippen LogP contribution >= 0.6 is 11.6 Å². The number of hydrogen-bond acceptors (Lipinski definition) is 4. The number of nitrogens with zero attached hydrogens (tertiary/aromatic N) is 2. The molecule has 3 aromatic carbocycles. The number of unbranched alkanes of at least 4 members (excludes halogenated alkanes) is 1. The molecule has 0 spiro atoms. The summed E-state index contributed by atoms with van der Waals surface area (Å²) in [6.45, 7) is 9.39. The van der Waals surface area contributed by atoms with Gasteiger partial charge in [0.2, 0.25) is 11.8 Å². The molecule has 0 bridgehead atoms. The summed E-state index contributed by atoms with van der Waals surface area (Å²) in [5.74, 6) is -0.792. The molecule has 0 fully saturated rings. The van der Waals surface area contributed by atoms with Crippen LogP contribution in [-0.4, -0.2) is 44.3 Å². The van der Waals surface area contributed by atoms with Gasteiger partial charge in [0.1, 0.15) is 12.6 Å². The van der Waals surface area contributed by atoms with Gasteiger partial charge in [-0.05, 0) is 81.1 Å². The minimum absolute atomic E-state index is 0.0846. The molecule has 9 heteroatoms. The Morgan fingerprint density at radius 2 is 1.55 bits per heavy atom. The molecule has 0 heterocycles. The van der Waals surface area contributed by atoms with Crippen molar-refractivity contribution in [3.8, 4) is 0 Å². The Morgan fingerprint density at radius 3 is 2.17 bits per heavy atom. The standard InChI is InChI=1S/C31H38ClN3O4S/c1-6-7-18-33-31(37)25(5)34(20-26-12-14-27(32)15-13-26)30(36)21-35(29-19-23(3)8-11-24(29)4)40(38,39)28-16-9-22(2)10-17-28/h8-17,19,25H,6-7,18,20-21H2,1-5H3,(H,33,37). The van der Waals surface area contributed by atoms with Crippen LogP contribution in [0.4, 0.5) is 5.69 Å². The lowest BCUT2D eigenvalue weighted by molar-refractivity contribution is -0.139. The third-order valence-corrected chi connectivity index (χ3v) is 8.81. The van der Waals surface area contributed by atoms with Gasteiger partial charge >= 0.3 is 0 Å². The van der Waals surface area contributed by atoms with E-state index in [0.29, 0.717) is 22.8 Å². The van der Waals surface area contributed by atoms with E-state index in [1.54, 1.807) is 61.5 Å². The number of rotatable bonds is 12. The monoisotopic (exact) mass is 583 g/mol. The molecule has 40 heavy (non-hydrogen) atoms. The summed E-state index contributed by atoms with van der Waals surface area (Å²) in [5, 5.41) is 3.44. The number of anilines is 1.